The molecule has 0 nitrogen and oxygen atoms in total. The summed E-state index contributed by atoms with van der Waals surface area (Å²) in [6.45, 7) is 4.72. The van der Waals surface area contributed by atoms with E-state index in [1.807, 2.05) is 0 Å². The van der Waals surface area contributed by atoms with Crippen molar-refractivity contribution >= 4 is 21.5 Å². The minimum atomic E-state index is -0.00641. The summed E-state index contributed by atoms with van der Waals surface area (Å²) in [4.78, 5) is 0. The van der Waals surface area contributed by atoms with Crippen molar-refractivity contribution in [1.82, 2.24) is 0 Å². The predicted molar refractivity (Wildman–Crippen MR) is 175 cm³/mol. The molecule has 0 bridgehead atoms. The molecular formula is C41H30. The first-order valence-corrected chi connectivity index (χ1v) is 14.4. The second-order valence-corrected chi connectivity index (χ2v) is 11.8. The van der Waals surface area contributed by atoms with Crippen LogP contribution in [0.15, 0.2) is 146 Å². The predicted octanol–water partition coefficient (Wildman–Crippen LogP) is 11.3. The van der Waals surface area contributed by atoms with Crippen LogP contribution in [-0.4, -0.2) is 0 Å². The fourth-order valence-electron chi connectivity index (χ4n) is 6.79. The lowest BCUT2D eigenvalue weighted by atomic mass is 9.81. The molecule has 1 aliphatic rings. The van der Waals surface area contributed by atoms with Gasteiger partial charge in [0.25, 0.3) is 0 Å². The van der Waals surface area contributed by atoms with Crippen molar-refractivity contribution in [3.05, 3.63) is 157 Å². The van der Waals surface area contributed by atoms with E-state index in [0.717, 1.165) is 0 Å². The zero-order valence-electron chi connectivity index (χ0n) is 23.4. The molecular weight excluding hydrogens is 492 g/mol. The van der Waals surface area contributed by atoms with Gasteiger partial charge in [-0.3, -0.25) is 0 Å². The summed E-state index contributed by atoms with van der Waals surface area (Å²) >= 11 is 0. The summed E-state index contributed by atoms with van der Waals surface area (Å²) in [5, 5.41) is 5.23. The maximum Gasteiger partial charge on any atom is 0.0159 e. The van der Waals surface area contributed by atoms with Gasteiger partial charge in [0.2, 0.25) is 0 Å². The highest BCUT2D eigenvalue weighted by Crippen LogP contribution is 2.50. The van der Waals surface area contributed by atoms with E-state index in [1.54, 1.807) is 0 Å². The molecule has 0 amide bonds. The minimum Gasteiger partial charge on any atom is -0.0622 e. The molecule has 41 heavy (non-hydrogen) atoms. The van der Waals surface area contributed by atoms with E-state index in [4.69, 9.17) is 0 Å². The largest absolute Gasteiger partial charge is 0.0622 e. The Kier molecular flexibility index (Phi) is 5.27. The topological polar surface area (TPSA) is 0 Å². The maximum atomic E-state index is 2.46. The fraction of sp³-hybridized carbons (Fsp3) is 0.0732. The van der Waals surface area contributed by atoms with Crippen molar-refractivity contribution < 1.29 is 0 Å². The Morgan fingerprint density at radius 3 is 1.63 bits per heavy atom. The summed E-state index contributed by atoms with van der Waals surface area (Å²) < 4.78 is 0. The van der Waals surface area contributed by atoms with Gasteiger partial charge in [-0.2, -0.15) is 0 Å². The first-order chi connectivity index (χ1) is 20.1. The van der Waals surface area contributed by atoms with Crippen molar-refractivity contribution in [2.45, 2.75) is 19.3 Å². The second-order valence-electron chi connectivity index (χ2n) is 11.8. The lowest BCUT2D eigenvalue weighted by Crippen LogP contribution is -2.14. The Bertz CT molecular complexity index is 2090. The van der Waals surface area contributed by atoms with Gasteiger partial charge >= 0.3 is 0 Å². The Hall–Kier alpha value is -4.94. The molecule has 0 saturated carbocycles. The molecule has 0 saturated heterocycles. The van der Waals surface area contributed by atoms with E-state index < -0.39 is 0 Å². The Labute approximate surface area is 241 Å². The van der Waals surface area contributed by atoms with E-state index in [-0.39, 0.29) is 5.41 Å². The zero-order valence-corrected chi connectivity index (χ0v) is 23.4. The van der Waals surface area contributed by atoms with Crippen molar-refractivity contribution in [2.24, 2.45) is 0 Å². The van der Waals surface area contributed by atoms with Crippen molar-refractivity contribution in [3.8, 4) is 44.5 Å². The van der Waals surface area contributed by atoms with Crippen LogP contribution in [0.2, 0.25) is 0 Å². The van der Waals surface area contributed by atoms with E-state index in [2.05, 4.69) is 159 Å². The molecule has 0 unspecified atom stereocenters. The molecule has 1 aliphatic carbocycles. The van der Waals surface area contributed by atoms with Gasteiger partial charge in [0.05, 0.1) is 0 Å². The van der Waals surface area contributed by atoms with Gasteiger partial charge in [-0.1, -0.05) is 135 Å². The van der Waals surface area contributed by atoms with Crippen molar-refractivity contribution in [3.63, 3.8) is 0 Å². The third-order valence-electron chi connectivity index (χ3n) is 9.06. The number of rotatable bonds is 3. The van der Waals surface area contributed by atoms with Crippen LogP contribution in [0, 0.1) is 0 Å². The maximum absolute atomic E-state index is 2.46. The normalized spacial score (nSPS) is 13.3. The standard InChI is InChI=1S/C41H30/c1-41(2)39-14-7-6-13-35(39)38-25-34-22-20-30-19-21-33(24-36(30)37(34)26-40(38)41)29-17-15-28(16-18-29)32-12-8-11-31(23-32)27-9-4-3-5-10-27/h3-26H,1-2H3. The average molecular weight is 523 g/mol. The summed E-state index contributed by atoms with van der Waals surface area (Å²) in [5.41, 5.74) is 13.0. The second kappa shape index (κ2) is 9.04. The number of benzene rings is 7. The molecule has 0 radical (unpaired) electrons. The minimum absolute atomic E-state index is 0.00641. The molecule has 0 fully saturated rings. The summed E-state index contributed by atoms with van der Waals surface area (Å²) in [6, 6.07) is 53.6. The summed E-state index contributed by atoms with van der Waals surface area (Å²) in [7, 11) is 0. The SMILES string of the molecule is CC1(C)c2ccccc2-c2cc3ccc4ccc(-c5ccc(-c6cccc(-c7ccccc7)c6)cc5)cc4c3cc21. The van der Waals surface area contributed by atoms with Gasteiger partial charge in [-0.05, 0) is 101 Å². The molecule has 0 aromatic heterocycles. The van der Waals surface area contributed by atoms with Gasteiger partial charge in [0, 0.05) is 5.41 Å². The number of fused-ring (bicyclic) bond motifs is 6. The molecule has 0 N–H and O–H groups in total. The fourth-order valence-corrected chi connectivity index (χ4v) is 6.79. The highest BCUT2D eigenvalue weighted by Gasteiger charge is 2.35. The van der Waals surface area contributed by atoms with Crippen molar-refractivity contribution in [2.75, 3.05) is 0 Å². The van der Waals surface area contributed by atoms with Gasteiger partial charge < -0.3 is 0 Å². The van der Waals surface area contributed by atoms with Crippen LogP contribution in [0.1, 0.15) is 25.0 Å². The molecule has 7 aromatic rings. The number of hydrogen-bond donors (Lipinski definition) is 0. The molecule has 194 valence electrons. The van der Waals surface area contributed by atoms with E-state index >= 15 is 0 Å². The van der Waals surface area contributed by atoms with Crippen LogP contribution >= 0.6 is 0 Å². The van der Waals surface area contributed by atoms with Crippen LogP contribution in [-0.2, 0) is 5.41 Å². The third kappa shape index (κ3) is 3.83. The Balaban J connectivity index is 1.20. The lowest BCUT2D eigenvalue weighted by molar-refractivity contribution is 0.661. The van der Waals surface area contributed by atoms with Gasteiger partial charge in [-0.25, -0.2) is 0 Å². The molecule has 0 aliphatic heterocycles. The molecule has 7 aromatic carbocycles. The van der Waals surface area contributed by atoms with E-state index in [1.165, 1.54) is 77.2 Å². The smallest absolute Gasteiger partial charge is 0.0159 e. The monoisotopic (exact) mass is 522 g/mol. The highest BCUT2D eigenvalue weighted by atomic mass is 14.4. The highest BCUT2D eigenvalue weighted by molar-refractivity contribution is 6.10. The number of hydrogen-bond acceptors (Lipinski definition) is 0. The van der Waals surface area contributed by atoms with Crippen LogP contribution in [0.5, 0.6) is 0 Å². The van der Waals surface area contributed by atoms with Gasteiger partial charge in [0.1, 0.15) is 0 Å². The average Bonchev–Trinajstić information content (AvgIpc) is 3.26. The lowest BCUT2D eigenvalue weighted by Gasteiger charge is -2.22. The van der Waals surface area contributed by atoms with Crippen LogP contribution in [0.3, 0.4) is 0 Å². The quantitative estimate of drug-likeness (QED) is 0.202. The van der Waals surface area contributed by atoms with Gasteiger partial charge in [0.15, 0.2) is 0 Å². The van der Waals surface area contributed by atoms with Crippen LogP contribution in [0.25, 0.3) is 66.1 Å². The Morgan fingerprint density at radius 2 is 0.878 bits per heavy atom. The summed E-state index contributed by atoms with van der Waals surface area (Å²) in [5.74, 6) is 0. The molecule has 0 atom stereocenters. The summed E-state index contributed by atoms with van der Waals surface area (Å²) in [6.07, 6.45) is 0. The first-order valence-electron chi connectivity index (χ1n) is 14.4. The Morgan fingerprint density at radius 1 is 0.341 bits per heavy atom. The third-order valence-corrected chi connectivity index (χ3v) is 9.06. The first kappa shape index (κ1) is 23.9. The van der Waals surface area contributed by atoms with Crippen molar-refractivity contribution in [1.29, 1.82) is 0 Å². The van der Waals surface area contributed by atoms with Crippen LogP contribution in [0.4, 0.5) is 0 Å². The van der Waals surface area contributed by atoms with E-state index in [0.29, 0.717) is 0 Å². The molecule has 0 spiro atoms. The molecule has 8 rings (SSSR count). The van der Waals surface area contributed by atoms with Gasteiger partial charge in [-0.15, -0.1) is 0 Å². The van der Waals surface area contributed by atoms with Crippen LogP contribution < -0.4 is 0 Å². The van der Waals surface area contributed by atoms with E-state index in [9.17, 15) is 0 Å². The molecule has 0 heteroatoms. The zero-order chi connectivity index (χ0) is 27.6. The molecule has 0 heterocycles.